The predicted octanol–water partition coefficient (Wildman–Crippen LogP) is 5.09. The largest absolute Gasteiger partial charge is 0.486 e. The molecule has 0 unspecified atom stereocenters. The topological polar surface area (TPSA) is 67.9 Å². The zero-order valence-electron chi connectivity index (χ0n) is 19.7. The van der Waals surface area contributed by atoms with Crippen molar-refractivity contribution in [2.75, 3.05) is 23.4 Å². The van der Waals surface area contributed by atoms with Gasteiger partial charge < -0.3 is 14.8 Å². The molecular weight excluding hydrogens is 428 g/mol. The smallest absolute Gasteiger partial charge is 0.282 e. The highest BCUT2D eigenvalue weighted by Gasteiger charge is 2.41. The van der Waals surface area contributed by atoms with Gasteiger partial charge in [0, 0.05) is 11.8 Å². The Balaban J connectivity index is 1.62. The molecule has 0 radical (unpaired) electrons. The lowest BCUT2D eigenvalue weighted by Crippen LogP contribution is -2.33. The lowest BCUT2D eigenvalue weighted by Gasteiger charge is -2.20. The first kappa shape index (κ1) is 21.8. The van der Waals surface area contributed by atoms with E-state index in [9.17, 15) is 9.59 Å². The van der Waals surface area contributed by atoms with Crippen LogP contribution < -0.4 is 19.7 Å². The number of hydrogen-bond donors (Lipinski definition) is 1. The SMILES string of the molecule is Cc1ccc(C)c(N2C(=O)C(Nc3ccc4c(c3)OCCO4)=C(c3ccc(C)c(C)c3)C2=O)c1. The number of imide groups is 1. The third-order valence-electron chi connectivity index (χ3n) is 6.30. The number of amides is 2. The summed E-state index contributed by atoms with van der Waals surface area (Å²) < 4.78 is 11.3. The third-order valence-corrected chi connectivity index (χ3v) is 6.30. The summed E-state index contributed by atoms with van der Waals surface area (Å²) in [5.74, 6) is 0.530. The maximum absolute atomic E-state index is 13.8. The van der Waals surface area contributed by atoms with Gasteiger partial charge in [0.15, 0.2) is 11.5 Å². The molecule has 172 valence electrons. The monoisotopic (exact) mass is 454 g/mol. The number of nitrogens with one attached hydrogen (secondary N) is 1. The van der Waals surface area contributed by atoms with Gasteiger partial charge >= 0.3 is 0 Å². The zero-order chi connectivity index (χ0) is 24.0. The van der Waals surface area contributed by atoms with E-state index in [1.807, 2.05) is 70.2 Å². The van der Waals surface area contributed by atoms with Crippen molar-refractivity contribution in [2.24, 2.45) is 0 Å². The molecule has 5 rings (SSSR count). The fourth-order valence-electron chi connectivity index (χ4n) is 4.25. The summed E-state index contributed by atoms with van der Waals surface area (Å²) in [7, 11) is 0. The molecule has 2 aliphatic rings. The standard InChI is InChI=1S/C28H26N2O4/c1-16-5-6-18(3)22(13-16)30-27(31)25(20-8-7-17(2)19(4)14-20)26(28(30)32)29-21-9-10-23-24(15-21)34-12-11-33-23/h5-10,13-15,29H,11-12H2,1-4H3. The molecule has 2 aliphatic heterocycles. The number of carbonyl (C=O) groups excluding carboxylic acids is 2. The molecule has 6 nitrogen and oxygen atoms in total. The van der Waals surface area contributed by atoms with Crippen LogP contribution in [0.4, 0.5) is 11.4 Å². The maximum Gasteiger partial charge on any atom is 0.282 e. The Morgan fingerprint density at radius 3 is 2.24 bits per heavy atom. The van der Waals surface area contributed by atoms with E-state index >= 15 is 0 Å². The summed E-state index contributed by atoms with van der Waals surface area (Å²) in [6, 6.07) is 17.0. The molecule has 0 aromatic heterocycles. The fraction of sp³-hybridized carbons (Fsp3) is 0.214. The van der Waals surface area contributed by atoms with E-state index in [1.54, 1.807) is 12.1 Å². The van der Waals surface area contributed by atoms with Gasteiger partial charge in [0.2, 0.25) is 0 Å². The van der Waals surface area contributed by atoms with Crippen LogP contribution in [0, 0.1) is 27.7 Å². The van der Waals surface area contributed by atoms with Crippen molar-refractivity contribution in [3.63, 3.8) is 0 Å². The van der Waals surface area contributed by atoms with Gasteiger partial charge in [-0.15, -0.1) is 0 Å². The van der Waals surface area contributed by atoms with Crippen molar-refractivity contribution >= 4 is 28.8 Å². The Bertz CT molecular complexity index is 1370. The highest BCUT2D eigenvalue weighted by atomic mass is 16.6. The minimum atomic E-state index is -0.387. The Labute approximate surface area is 198 Å². The van der Waals surface area contributed by atoms with Gasteiger partial charge in [0.25, 0.3) is 11.8 Å². The van der Waals surface area contributed by atoms with Crippen LogP contribution in [0.1, 0.15) is 27.8 Å². The summed E-state index contributed by atoms with van der Waals surface area (Å²) in [6.07, 6.45) is 0. The lowest BCUT2D eigenvalue weighted by atomic mass is 9.99. The number of benzene rings is 3. The van der Waals surface area contributed by atoms with Crippen LogP contribution in [0.2, 0.25) is 0 Å². The summed E-state index contributed by atoms with van der Waals surface area (Å²) in [5, 5.41) is 3.22. The van der Waals surface area contributed by atoms with Crippen molar-refractivity contribution in [3.8, 4) is 11.5 Å². The van der Waals surface area contributed by atoms with E-state index in [0.29, 0.717) is 47.2 Å². The molecule has 0 aliphatic carbocycles. The molecule has 0 saturated carbocycles. The molecule has 1 N–H and O–H groups in total. The molecule has 0 atom stereocenters. The average Bonchev–Trinajstić information content (AvgIpc) is 3.06. The highest BCUT2D eigenvalue weighted by molar-refractivity contribution is 6.46. The van der Waals surface area contributed by atoms with Crippen molar-refractivity contribution in [1.82, 2.24) is 0 Å². The van der Waals surface area contributed by atoms with Gasteiger partial charge in [0.05, 0.1) is 11.3 Å². The van der Waals surface area contributed by atoms with E-state index in [2.05, 4.69) is 5.32 Å². The molecule has 0 bridgehead atoms. The number of nitrogens with zero attached hydrogens (tertiary/aromatic N) is 1. The van der Waals surface area contributed by atoms with Crippen LogP contribution in [-0.4, -0.2) is 25.0 Å². The van der Waals surface area contributed by atoms with Gasteiger partial charge in [-0.1, -0.05) is 30.3 Å². The summed E-state index contributed by atoms with van der Waals surface area (Å²) in [6.45, 7) is 8.82. The second-order valence-corrected chi connectivity index (χ2v) is 8.77. The minimum absolute atomic E-state index is 0.242. The molecule has 0 spiro atoms. The van der Waals surface area contributed by atoms with E-state index < -0.39 is 0 Å². The van der Waals surface area contributed by atoms with E-state index in [-0.39, 0.29) is 17.5 Å². The molecule has 34 heavy (non-hydrogen) atoms. The van der Waals surface area contributed by atoms with Gasteiger partial charge in [-0.3, -0.25) is 9.59 Å². The van der Waals surface area contributed by atoms with Gasteiger partial charge in [-0.2, -0.15) is 0 Å². The Hall–Kier alpha value is -4.06. The average molecular weight is 455 g/mol. The van der Waals surface area contributed by atoms with Gasteiger partial charge in [0.1, 0.15) is 18.9 Å². The predicted molar refractivity (Wildman–Crippen MR) is 132 cm³/mol. The highest BCUT2D eigenvalue weighted by Crippen LogP contribution is 2.38. The summed E-state index contributed by atoms with van der Waals surface area (Å²) in [4.78, 5) is 28.8. The van der Waals surface area contributed by atoms with Crippen LogP contribution in [0.3, 0.4) is 0 Å². The quantitative estimate of drug-likeness (QED) is 0.557. The van der Waals surface area contributed by atoms with Crippen molar-refractivity contribution in [2.45, 2.75) is 27.7 Å². The molecule has 3 aromatic carbocycles. The fourth-order valence-corrected chi connectivity index (χ4v) is 4.25. The van der Waals surface area contributed by atoms with E-state index in [0.717, 1.165) is 22.3 Å². The molecule has 0 fully saturated rings. The number of hydrogen-bond acceptors (Lipinski definition) is 5. The molecule has 2 amide bonds. The van der Waals surface area contributed by atoms with Gasteiger partial charge in [-0.05, 0) is 73.7 Å². The first-order valence-electron chi connectivity index (χ1n) is 11.3. The molecule has 0 saturated heterocycles. The first-order chi connectivity index (χ1) is 16.3. The minimum Gasteiger partial charge on any atom is -0.486 e. The Morgan fingerprint density at radius 1 is 0.735 bits per heavy atom. The molecule has 6 heteroatoms. The van der Waals surface area contributed by atoms with Crippen molar-refractivity contribution in [1.29, 1.82) is 0 Å². The van der Waals surface area contributed by atoms with E-state index in [4.69, 9.17) is 9.47 Å². The van der Waals surface area contributed by atoms with Crippen molar-refractivity contribution in [3.05, 3.63) is 88.1 Å². The molecular formula is C28H26N2O4. The van der Waals surface area contributed by atoms with Gasteiger partial charge in [-0.25, -0.2) is 4.90 Å². The number of fused-ring (bicyclic) bond motifs is 1. The summed E-state index contributed by atoms with van der Waals surface area (Å²) in [5.41, 5.74) is 6.53. The molecule has 3 aromatic rings. The first-order valence-corrected chi connectivity index (χ1v) is 11.3. The number of ether oxygens (including phenoxy) is 2. The molecule has 2 heterocycles. The number of anilines is 2. The number of aryl methyl sites for hydroxylation is 4. The Morgan fingerprint density at radius 2 is 1.47 bits per heavy atom. The second-order valence-electron chi connectivity index (χ2n) is 8.77. The normalized spacial score (nSPS) is 15.2. The maximum atomic E-state index is 13.8. The lowest BCUT2D eigenvalue weighted by molar-refractivity contribution is -0.120. The van der Waals surface area contributed by atoms with Crippen LogP contribution in [0.15, 0.2) is 60.3 Å². The van der Waals surface area contributed by atoms with Crippen LogP contribution in [0.25, 0.3) is 5.57 Å². The third kappa shape index (κ3) is 3.71. The summed E-state index contributed by atoms with van der Waals surface area (Å²) >= 11 is 0. The van der Waals surface area contributed by atoms with Crippen molar-refractivity contribution < 1.29 is 19.1 Å². The number of rotatable bonds is 4. The zero-order valence-corrected chi connectivity index (χ0v) is 19.7. The second kappa shape index (κ2) is 8.37. The Kier molecular flexibility index (Phi) is 5.36. The van der Waals surface area contributed by atoms with Crippen LogP contribution in [0.5, 0.6) is 11.5 Å². The van der Waals surface area contributed by atoms with Crippen LogP contribution >= 0.6 is 0 Å². The van der Waals surface area contributed by atoms with E-state index in [1.165, 1.54) is 4.90 Å². The van der Waals surface area contributed by atoms with Crippen LogP contribution in [-0.2, 0) is 9.59 Å². The number of carbonyl (C=O) groups is 2.